The van der Waals surface area contributed by atoms with Gasteiger partial charge in [-0.25, -0.2) is 17.9 Å². The zero-order valence-electron chi connectivity index (χ0n) is 13.8. The Morgan fingerprint density at radius 1 is 1.30 bits per heavy atom. The number of hydrogen-bond donors (Lipinski definition) is 3. The van der Waals surface area contributed by atoms with Gasteiger partial charge in [-0.3, -0.25) is 0 Å². The number of nitrogens with one attached hydrogen (secondary N) is 2. The summed E-state index contributed by atoms with van der Waals surface area (Å²) >= 11 is 0. The molecule has 7 nitrogen and oxygen atoms in total. The maximum atomic E-state index is 12.2. The van der Waals surface area contributed by atoms with Crippen LogP contribution in [0.15, 0.2) is 23.1 Å². The van der Waals surface area contributed by atoms with Crippen molar-refractivity contribution in [3.63, 3.8) is 0 Å². The summed E-state index contributed by atoms with van der Waals surface area (Å²) in [5.74, 6) is -1.04. The monoisotopic (exact) mass is 344 g/mol. The second-order valence-corrected chi connectivity index (χ2v) is 7.53. The molecule has 0 aliphatic heterocycles. The van der Waals surface area contributed by atoms with Crippen LogP contribution in [0.2, 0.25) is 0 Å². The van der Waals surface area contributed by atoms with E-state index in [1.807, 2.05) is 20.8 Å². The van der Waals surface area contributed by atoms with Gasteiger partial charge in [-0.15, -0.1) is 0 Å². The Bertz CT molecular complexity index is 643. The molecule has 23 heavy (non-hydrogen) atoms. The van der Waals surface area contributed by atoms with Crippen molar-refractivity contribution in [2.75, 3.05) is 25.6 Å². The van der Waals surface area contributed by atoms with Crippen molar-refractivity contribution >= 4 is 21.7 Å². The van der Waals surface area contributed by atoms with E-state index in [9.17, 15) is 18.3 Å². The number of carbonyl (C=O) groups is 1. The van der Waals surface area contributed by atoms with Crippen molar-refractivity contribution in [2.45, 2.75) is 31.7 Å². The van der Waals surface area contributed by atoms with Crippen LogP contribution >= 0.6 is 0 Å². The Hall–Kier alpha value is -1.64. The molecule has 0 fully saturated rings. The molecule has 0 aliphatic rings. The van der Waals surface area contributed by atoms with Crippen molar-refractivity contribution in [1.82, 2.24) is 4.72 Å². The number of benzene rings is 1. The molecule has 0 spiro atoms. The predicted molar refractivity (Wildman–Crippen MR) is 88.4 cm³/mol. The van der Waals surface area contributed by atoms with Gasteiger partial charge in [0.2, 0.25) is 10.0 Å². The molecule has 3 N–H and O–H groups in total. The van der Waals surface area contributed by atoms with E-state index in [4.69, 9.17) is 4.74 Å². The highest BCUT2D eigenvalue weighted by Crippen LogP contribution is 2.21. The lowest BCUT2D eigenvalue weighted by Gasteiger charge is -2.17. The third kappa shape index (κ3) is 5.81. The minimum absolute atomic E-state index is 0.0690. The zero-order chi connectivity index (χ0) is 17.6. The Labute approximate surface area is 137 Å². The van der Waals surface area contributed by atoms with Crippen LogP contribution in [0.3, 0.4) is 0 Å². The van der Waals surface area contributed by atoms with Crippen LogP contribution in [0.4, 0.5) is 5.69 Å². The standard InChI is InChI=1S/C15H24N2O5S/c1-10(2)8-16-23(20,21)12-5-6-14(13(7-12)15(18)19)17-11(3)9-22-4/h5-7,10-11,16-17H,8-9H2,1-4H3,(H,18,19). The Balaban J connectivity index is 3.10. The zero-order valence-corrected chi connectivity index (χ0v) is 14.6. The first-order chi connectivity index (χ1) is 10.7. The number of carboxylic acid groups (broad SMARTS) is 1. The molecule has 1 aromatic carbocycles. The first kappa shape index (κ1) is 19.4. The van der Waals surface area contributed by atoms with Crippen LogP contribution in [-0.4, -0.2) is 45.8 Å². The smallest absolute Gasteiger partial charge is 0.337 e. The summed E-state index contributed by atoms with van der Waals surface area (Å²) in [6, 6.07) is 3.89. The van der Waals surface area contributed by atoms with Gasteiger partial charge in [0.1, 0.15) is 0 Å². The average molecular weight is 344 g/mol. The summed E-state index contributed by atoms with van der Waals surface area (Å²) < 4.78 is 31.9. The molecule has 0 saturated heterocycles. The first-order valence-electron chi connectivity index (χ1n) is 7.30. The van der Waals surface area contributed by atoms with Gasteiger partial charge in [0.05, 0.1) is 17.1 Å². The van der Waals surface area contributed by atoms with E-state index in [2.05, 4.69) is 10.0 Å². The Kier molecular flexibility index (Phi) is 6.99. The number of methoxy groups -OCH3 is 1. The molecule has 1 rings (SSSR count). The van der Waals surface area contributed by atoms with Crippen molar-refractivity contribution < 1.29 is 23.1 Å². The lowest BCUT2D eigenvalue weighted by Crippen LogP contribution is -2.28. The summed E-state index contributed by atoms with van der Waals surface area (Å²) in [5.41, 5.74) is 0.255. The topological polar surface area (TPSA) is 105 Å². The lowest BCUT2D eigenvalue weighted by atomic mass is 10.1. The summed E-state index contributed by atoms with van der Waals surface area (Å²) in [6.45, 7) is 6.29. The highest BCUT2D eigenvalue weighted by molar-refractivity contribution is 7.89. The van der Waals surface area contributed by atoms with Crippen LogP contribution in [-0.2, 0) is 14.8 Å². The van der Waals surface area contributed by atoms with Gasteiger partial charge in [0.15, 0.2) is 0 Å². The molecule has 0 amide bonds. The molecule has 1 unspecified atom stereocenters. The molecule has 0 radical (unpaired) electrons. The third-order valence-corrected chi connectivity index (χ3v) is 4.45. The summed E-state index contributed by atoms with van der Waals surface area (Å²) in [6.07, 6.45) is 0. The van der Waals surface area contributed by atoms with Crippen molar-refractivity contribution in [2.24, 2.45) is 5.92 Å². The largest absolute Gasteiger partial charge is 0.478 e. The summed E-state index contributed by atoms with van der Waals surface area (Å²) in [7, 11) is -2.18. The molecule has 130 valence electrons. The van der Waals surface area contributed by atoms with Gasteiger partial charge in [-0.05, 0) is 31.0 Å². The minimum atomic E-state index is -3.73. The van der Waals surface area contributed by atoms with Crippen LogP contribution < -0.4 is 10.0 Å². The maximum absolute atomic E-state index is 12.2. The number of anilines is 1. The van der Waals surface area contributed by atoms with Gasteiger partial charge >= 0.3 is 5.97 Å². The highest BCUT2D eigenvalue weighted by Gasteiger charge is 2.19. The van der Waals surface area contributed by atoms with Crippen LogP contribution in [0.1, 0.15) is 31.1 Å². The van der Waals surface area contributed by atoms with E-state index < -0.39 is 16.0 Å². The molecular weight excluding hydrogens is 320 g/mol. The molecule has 1 atom stereocenters. The molecule has 0 bridgehead atoms. The fourth-order valence-electron chi connectivity index (χ4n) is 1.91. The second-order valence-electron chi connectivity index (χ2n) is 5.76. The number of hydrogen-bond acceptors (Lipinski definition) is 5. The second kappa shape index (κ2) is 8.28. The molecule has 0 heterocycles. The summed E-state index contributed by atoms with van der Waals surface area (Å²) in [5, 5.41) is 12.3. The maximum Gasteiger partial charge on any atom is 0.337 e. The van der Waals surface area contributed by atoms with Crippen LogP contribution in [0.25, 0.3) is 0 Å². The molecule has 1 aromatic rings. The lowest BCUT2D eigenvalue weighted by molar-refractivity contribution is 0.0697. The van der Waals surface area contributed by atoms with Gasteiger partial charge in [-0.1, -0.05) is 13.8 Å². The van der Waals surface area contributed by atoms with Crippen LogP contribution in [0.5, 0.6) is 0 Å². The van der Waals surface area contributed by atoms with Gasteiger partial charge in [0.25, 0.3) is 0 Å². The predicted octanol–water partition coefficient (Wildman–Crippen LogP) is 1.77. The molecule has 0 aliphatic carbocycles. The average Bonchev–Trinajstić information content (AvgIpc) is 2.45. The molecular formula is C15H24N2O5S. The SMILES string of the molecule is COCC(C)Nc1ccc(S(=O)(=O)NCC(C)C)cc1C(=O)O. The van der Waals surface area contributed by atoms with E-state index in [0.29, 0.717) is 12.3 Å². The molecule has 0 aromatic heterocycles. The minimum Gasteiger partial charge on any atom is -0.478 e. The van der Waals surface area contributed by atoms with Crippen molar-refractivity contribution in [1.29, 1.82) is 0 Å². The fourth-order valence-corrected chi connectivity index (χ4v) is 3.15. The van der Waals surface area contributed by atoms with Gasteiger partial charge in [-0.2, -0.15) is 0 Å². The number of rotatable bonds is 9. The number of carboxylic acids is 1. The highest BCUT2D eigenvalue weighted by atomic mass is 32.2. The van der Waals surface area contributed by atoms with E-state index in [0.717, 1.165) is 6.07 Å². The molecule has 0 saturated carbocycles. The fraction of sp³-hybridized carbons (Fsp3) is 0.533. The number of aromatic carboxylic acids is 1. The van der Waals surface area contributed by atoms with Crippen molar-refractivity contribution in [3.05, 3.63) is 23.8 Å². The van der Waals surface area contributed by atoms with Gasteiger partial charge in [0, 0.05) is 25.4 Å². The number of sulfonamides is 1. The van der Waals surface area contributed by atoms with Crippen molar-refractivity contribution in [3.8, 4) is 0 Å². The number of ether oxygens (including phenoxy) is 1. The quantitative estimate of drug-likeness (QED) is 0.630. The first-order valence-corrected chi connectivity index (χ1v) is 8.78. The van der Waals surface area contributed by atoms with E-state index in [-0.39, 0.29) is 29.0 Å². The molecule has 8 heteroatoms. The van der Waals surface area contributed by atoms with Gasteiger partial charge < -0.3 is 15.2 Å². The Morgan fingerprint density at radius 3 is 2.48 bits per heavy atom. The normalized spacial score (nSPS) is 13.1. The van der Waals surface area contributed by atoms with E-state index in [1.165, 1.54) is 12.1 Å². The Morgan fingerprint density at radius 2 is 1.96 bits per heavy atom. The van der Waals surface area contributed by atoms with Crippen LogP contribution in [0, 0.1) is 5.92 Å². The van der Waals surface area contributed by atoms with E-state index in [1.54, 1.807) is 7.11 Å². The third-order valence-electron chi connectivity index (χ3n) is 3.03. The summed E-state index contributed by atoms with van der Waals surface area (Å²) in [4.78, 5) is 11.4. The van der Waals surface area contributed by atoms with E-state index >= 15 is 0 Å².